The third-order valence-corrected chi connectivity index (χ3v) is 1.85. The maximum Gasteiger partial charge on any atom is 0.147 e. The van der Waals surface area contributed by atoms with Crippen LogP contribution < -0.4 is 11.1 Å². The van der Waals surface area contributed by atoms with E-state index in [0.29, 0.717) is 11.3 Å². The molecule has 0 bridgehead atoms. The van der Waals surface area contributed by atoms with Crippen molar-refractivity contribution in [3.05, 3.63) is 29.6 Å². The first-order valence-corrected chi connectivity index (χ1v) is 4.53. The lowest BCUT2D eigenvalue weighted by Gasteiger charge is -2.07. The molecule has 0 heterocycles. The molecule has 4 heteroatoms. The van der Waals surface area contributed by atoms with Crippen molar-refractivity contribution in [1.82, 2.24) is 0 Å². The third kappa shape index (κ3) is 2.45. The number of benzene rings is 1. The van der Waals surface area contributed by atoms with Crippen LogP contribution in [0.2, 0.25) is 0 Å². The van der Waals surface area contributed by atoms with Crippen molar-refractivity contribution in [2.75, 3.05) is 11.9 Å². The number of nitrogen functional groups attached to an aromatic ring is 1. The largest absolute Gasteiger partial charge is 0.384 e. The van der Waals surface area contributed by atoms with Crippen molar-refractivity contribution in [3.63, 3.8) is 0 Å². The van der Waals surface area contributed by atoms with E-state index in [1.54, 1.807) is 12.1 Å². The molecule has 0 fully saturated rings. The molecule has 1 aromatic carbocycles. The van der Waals surface area contributed by atoms with Gasteiger partial charge in [0.25, 0.3) is 0 Å². The molecule has 0 aromatic heterocycles. The zero-order valence-corrected chi connectivity index (χ0v) is 8.10. The predicted octanol–water partition coefficient (Wildman–Crippen LogP) is 1.93. The van der Waals surface area contributed by atoms with E-state index in [2.05, 4.69) is 5.32 Å². The molecule has 0 spiro atoms. The van der Waals surface area contributed by atoms with Gasteiger partial charge in [-0.2, -0.15) is 0 Å². The molecule has 0 atom stereocenters. The molecule has 14 heavy (non-hydrogen) atoms. The molecule has 0 aliphatic carbocycles. The van der Waals surface area contributed by atoms with Gasteiger partial charge < -0.3 is 11.1 Å². The van der Waals surface area contributed by atoms with Crippen LogP contribution in [0.4, 0.5) is 10.1 Å². The van der Waals surface area contributed by atoms with Crippen molar-refractivity contribution >= 4 is 11.5 Å². The summed E-state index contributed by atoms with van der Waals surface area (Å²) in [6, 6.07) is 4.49. The number of hydrogen-bond donors (Lipinski definition) is 3. The van der Waals surface area contributed by atoms with Crippen molar-refractivity contribution < 1.29 is 4.39 Å². The SMILES string of the molecule is CCCNc1ccc(C(=N)N)cc1F. The Hall–Kier alpha value is -1.58. The zero-order chi connectivity index (χ0) is 10.6. The van der Waals surface area contributed by atoms with Crippen molar-refractivity contribution in [3.8, 4) is 0 Å². The standard InChI is InChI=1S/C10H14FN3/c1-2-5-14-9-4-3-7(10(12)13)6-8(9)11/h3-4,6,14H,2,5H2,1H3,(H3,12,13). The van der Waals surface area contributed by atoms with Crippen LogP contribution in [0.25, 0.3) is 0 Å². The van der Waals surface area contributed by atoms with Crippen LogP contribution in [0.3, 0.4) is 0 Å². The average Bonchev–Trinajstić information content (AvgIpc) is 2.15. The average molecular weight is 195 g/mol. The fraction of sp³-hybridized carbons (Fsp3) is 0.300. The summed E-state index contributed by atoms with van der Waals surface area (Å²) in [6.07, 6.45) is 0.938. The zero-order valence-electron chi connectivity index (χ0n) is 8.10. The number of nitrogens with one attached hydrogen (secondary N) is 2. The van der Waals surface area contributed by atoms with Gasteiger partial charge >= 0.3 is 0 Å². The van der Waals surface area contributed by atoms with Crippen LogP contribution >= 0.6 is 0 Å². The van der Waals surface area contributed by atoms with E-state index in [0.717, 1.165) is 13.0 Å². The number of nitrogens with two attached hydrogens (primary N) is 1. The summed E-state index contributed by atoms with van der Waals surface area (Å²) in [4.78, 5) is 0. The van der Waals surface area contributed by atoms with E-state index in [1.165, 1.54) is 6.07 Å². The molecule has 0 saturated carbocycles. The Labute approximate surface area is 82.6 Å². The Morgan fingerprint density at radius 3 is 2.79 bits per heavy atom. The first-order chi connectivity index (χ1) is 6.65. The number of anilines is 1. The summed E-state index contributed by atoms with van der Waals surface area (Å²) in [5.74, 6) is -0.489. The molecule has 0 radical (unpaired) electrons. The predicted molar refractivity (Wildman–Crippen MR) is 56.2 cm³/mol. The Bertz CT molecular complexity index is 336. The summed E-state index contributed by atoms with van der Waals surface area (Å²) < 4.78 is 13.3. The van der Waals surface area contributed by atoms with E-state index >= 15 is 0 Å². The summed E-state index contributed by atoms with van der Waals surface area (Å²) in [5.41, 5.74) is 6.09. The molecule has 76 valence electrons. The number of rotatable bonds is 4. The lowest BCUT2D eigenvalue weighted by molar-refractivity contribution is 0.629. The Morgan fingerprint density at radius 1 is 1.57 bits per heavy atom. The Morgan fingerprint density at radius 2 is 2.29 bits per heavy atom. The van der Waals surface area contributed by atoms with E-state index in [4.69, 9.17) is 11.1 Å². The Kier molecular flexibility index (Phi) is 3.45. The van der Waals surface area contributed by atoms with Crippen LogP contribution in [-0.2, 0) is 0 Å². The number of halogens is 1. The highest BCUT2D eigenvalue weighted by atomic mass is 19.1. The smallest absolute Gasteiger partial charge is 0.147 e. The van der Waals surface area contributed by atoms with E-state index in [9.17, 15) is 4.39 Å². The molecular weight excluding hydrogens is 181 g/mol. The van der Waals surface area contributed by atoms with Crippen LogP contribution in [0.15, 0.2) is 18.2 Å². The third-order valence-electron chi connectivity index (χ3n) is 1.85. The molecule has 0 aliphatic heterocycles. The molecule has 1 aromatic rings. The second-order valence-corrected chi connectivity index (χ2v) is 3.04. The van der Waals surface area contributed by atoms with Gasteiger partial charge in [0.05, 0.1) is 5.69 Å². The second kappa shape index (κ2) is 4.60. The highest BCUT2D eigenvalue weighted by Crippen LogP contribution is 2.15. The number of hydrogen-bond acceptors (Lipinski definition) is 2. The fourth-order valence-electron chi connectivity index (χ4n) is 1.09. The minimum Gasteiger partial charge on any atom is -0.384 e. The molecule has 0 aliphatic rings. The van der Waals surface area contributed by atoms with Crippen LogP contribution in [-0.4, -0.2) is 12.4 Å². The van der Waals surface area contributed by atoms with Gasteiger partial charge in [-0.3, -0.25) is 5.41 Å². The van der Waals surface area contributed by atoms with Gasteiger partial charge in [0, 0.05) is 12.1 Å². The maximum atomic E-state index is 13.3. The van der Waals surface area contributed by atoms with Crippen LogP contribution in [0, 0.1) is 11.2 Å². The summed E-state index contributed by atoms with van der Waals surface area (Å²) in [6.45, 7) is 2.74. The first kappa shape index (κ1) is 10.5. The lowest BCUT2D eigenvalue weighted by atomic mass is 10.2. The van der Waals surface area contributed by atoms with Crippen molar-refractivity contribution in [1.29, 1.82) is 5.41 Å². The van der Waals surface area contributed by atoms with Gasteiger partial charge in [-0.15, -0.1) is 0 Å². The Balaban J connectivity index is 2.84. The quantitative estimate of drug-likeness (QED) is 0.507. The minimum absolute atomic E-state index is 0.119. The maximum absolute atomic E-state index is 13.3. The molecule has 1 rings (SSSR count). The molecule has 0 saturated heterocycles. The topological polar surface area (TPSA) is 61.9 Å². The molecule has 3 nitrogen and oxygen atoms in total. The highest BCUT2D eigenvalue weighted by Gasteiger charge is 2.03. The van der Waals surface area contributed by atoms with Crippen LogP contribution in [0.1, 0.15) is 18.9 Å². The van der Waals surface area contributed by atoms with E-state index in [1.807, 2.05) is 6.92 Å². The normalized spacial score (nSPS) is 9.86. The van der Waals surface area contributed by atoms with Gasteiger partial charge in [-0.1, -0.05) is 6.92 Å². The first-order valence-electron chi connectivity index (χ1n) is 4.53. The number of amidine groups is 1. The molecule has 4 N–H and O–H groups in total. The van der Waals surface area contributed by atoms with Crippen molar-refractivity contribution in [2.24, 2.45) is 5.73 Å². The summed E-state index contributed by atoms with van der Waals surface area (Å²) in [7, 11) is 0. The van der Waals surface area contributed by atoms with Gasteiger partial charge in [-0.05, 0) is 24.6 Å². The fourth-order valence-corrected chi connectivity index (χ4v) is 1.09. The molecule has 0 amide bonds. The van der Waals surface area contributed by atoms with Crippen molar-refractivity contribution in [2.45, 2.75) is 13.3 Å². The monoisotopic (exact) mass is 195 g/mol. The van der Waals surface area contributed by atoms with Crippen LogP contribution in [0.5, 0.6) is 0 Å². The minimum atomic E-state index is -0.369. The molecule has 0 unspecified atom stereocenters. The summed E-state index contributed by atoms with van der Waals surface area (Å²) >= 11 is 0. The van der Waals surface area contributed by atoms with Gasteiger partial charge in [0.2, 0.25) is 0 Å². The lowest BCUT2D eigenvalue weighted by Crippen LogP contribution is -2.12. The second-order valence-electron chi connectivity index (χ2n) is 3.04. The highest BCUT2D eigenvalue weighted by molar-refractivity contribution is 5.95. The van der Waals surface area contributed by atoms with Gasteiger partial charge in [0.15, 0.2) is 0 Å². The van der Waals surface area contributed by atoms with E-state index in [-0.39, 0.29) is 11.7 Å². The van der Waals surface area contributed by atoms with E-state index < -0.39 is 0 Å². The van der Waals surface area contributed by atoms with Gasteiger partial charge in [-0.25, -0.2) is 4.39 Å². The molecular formula is C10H14FN3. The summed E-state index contributed by atoms with van der Waals surface area (Å²) in [5, 5.41) is 10.1. The van der Waals surface area contributed by atoms with Gasteiger partial charge in [0.1, 0.15) is 11.7 Å².